The fourth-order valence-corrected chi connectivity index (χ4v) is 3.84. The number of amides is 1. The van der Waals surface area contributed by atoms with Gasteiger partial charge in [-0.3, -0.25) is 9.79 Å². The molecule has 1 aromatic rings. The smallest absolute Gasteiger partial charge is 0.222 e. The van der Waals surface area contributed by atoms with Crippen LogP contribution in [0, 0.1) is 0 Å². The van der Waals surface area contributed by atoms with Gasteiger partial charge < -0.3 is 15.5 Å². The first kappa shape index (κ1) is 24.7. The molecule has 0 spiro atoms. The van der Waals surface area contributed by atoms with Gasteiger partial charge in [0, 0.05) is 37.5 Å². The molecule has 1 aliphatic rings. The molecular weight excluding hydrogens is 463 g/mol. The Kier molecular flexibility index (Phi) is 10.9. The van der Waals surface area contributed by atoms with Crippen molar-refractivity contribution >= 4 is 35.8 Å². The number of halogens is 1. The van der Waals surface area contributed by atoms with Crippen LogP contribution < -0.4 is 10.6 Å². The van der Waals surface area contributed by atoms with Gasteiger partial charge in [0.05, 0.1) is 6.54 Å². The maximum Gasteiger partial charge on any atom is 0.222 e. The Labute approximate surface area is 187 Å². The van der Waals surface area contributed by atoms with E-state index in [2.05, 4.69) is 61.7 Å². The molecule has 0 bridgehead atoms. The molecule has 1 aromatic carbocycles. The molecule has 2 rings (SSSR count). The number of rotatable bonds is 8. The van der Waals surface area contributed by atoms with Gasteiger partial charge in [0.15, 0.2) is 5.96 Å². The fraction of sp³-hybridized carbons (Fsp3) is 0.636. The molecule has 0 aliphatic carbocycles. The molecule has 1 atom stereocenters. The van der Waals surface area contributed by atoms with Crippen LogP contribution >= 0.6 is 24.0 Å². The molecule has 2 N–H and O–H groups in total. The molecule has 0 radical (unpaired) electrons. The summed E-state index contributed by atoms with van der Waals surface area (Å²) in [5.74, 6) is 1.09. The number of aliphatic imine (C=N–C) groups is 1. The molecule has 1 saturated heterocycles. The molecule has 1 unspecified atom stereocenters. The van der Waals surface area contributed by atoms with Crippen LogP contribution in [0.3, 0.4) is 0 Å². The first-order valence-electron chi connectivity index (χ1n) is 10.5. The quantitative estimate of drug-likeness (QED) is 0.323. The van der Waals surface area contributed by atoms with Crippen molar-refractivity contribution in [2.45, 2.75) is 64.8 Å². The molecule has 1 heterocycles. The molecule has 28 heavy (non-hydrogen) atoms. The van der Waals surface area contributed by atoms with Gasteiger partial charge in [-0.15, -0.1) is 24.0 Å². The second kappa shape index (κ2) is 12.3. The van der Waals surface area contributed by atoms with Gasteiger partial charge in [-0.1, -0.05) is 51.1 Å². The summed E-state index contributed by atoms with van der Waals surface area (Å²) in [4.78, 5) is 18.8. The van der Waals surface area contributed by atoms with Gasteiger partial charge in [0.2, 0.25) is 5.91 Å². The number of nitrogens with zero attached hydrogens (tertiary/aromatic N) is 2. The first-order chi connectivity index (χ1) is 13.1. The lowest BCUT2D eigenvalue weighted by molar-refractivity contribution is -0.129. The van der Waals surface area contributed by atoms with Crippen molar-refractivity contribution in [1.82, 2.24) is 15.5 Å². The maximum absolute atomic E-state index is 11.9. The van der Waals surface area contributed by atoms with Crippen LogP contribution in [-0.4, -0.2) is 49.0 Å². The molecule has 158 valence electrons. The summed E-state index contributed by atoms with van der Waals surface area (Å²) in [6.45, 7) is 11.7. The van der Waals surface area contributed by atoms with E-state index in [-0.39, 0.29) is 41.3 Å². The Hall–Kier alpha value is -1.31. The minimum atomic E-state index is 0. The van der Waals surface area contributed by atoms with E-state index in [0.29, 0.717) is 6.42 Å². The zero-order valence-corrected chi connectivity index (χ0v) is 20.2. The third-order valence-electron chi connectivity index (χ3n) is 5.81. The number of hydrogen-bond donors (Lipinski definition) is 2. The number of likely N-dealkylation sites (tertiary alicyclic amines) is 1. The van der Waals surface area contributed by atoms with Crippen molar-refractivity contribution in [3.05, 3.63) is 35.9 Å². The Bertz CT molecular complexity index is 616. The van der Waals surface area contributed by atoms with Crippen LogP contribution in [0.1, 0.15) is 58.9 Å². The van der Waals surface area contributed by atoms with Crippen LogP contribution in [0.5, 0.6) is 0 Å². The Morgan fingerprint density at radius 3 is 2.43 bits per heavy atom. The summed E-state index contributed by atoms with van der Waals surface area (Å²) in [5.41, 5.74) is 1.42. The average molecular weight is 500 g/mol. The molecule has 0 saturated carbocycles. The zero-order valence-electron chi connectivity index (χ0n) is 17.8. The Morgan fingerprint density at radius 2 is 1.86 bits per heavy atom. The molecule has 6 heteroatoms. The first-order valence-corrected chi connectivity index (χ1v) is 10.5. The largest absolute Gasteiger partial charge is 0.357 e. The molecule has 0 aromatic heterocycles. The SMILES string of the molecule is CCNC(=NCC(CC)(CC)c1ccccc1)NC1CCN(C(=O)CC)C1.I. The highest BCUT2D eigenvalue weighted by molar-refractivity contribution is 14.0. The van der Waals surface area contributed by atoms with Gasteiger partial charge in [0.1, 0.15) is 0 Å². The molecule has 1 fully saturated rings. The van der Waals surface area contributed by atoms with E-state index in [1.54, 1.807) is 0 Å². The molecular formula is C22H37IN4O. The van der Waals surface area contributed by atoms with Gasteiger partial charge in [0.25, 0.3) is 0 Å². The van der Waals surface area contributed by atoms with Crippen LogP contribution in [-0.2, 0) is 10.2 Å². The predicted octanol–water partition coefficient (Wildman–Crippen LogP) is 3.93. The lowest BCUT2D eigenvalue weighted by atomic mass is 9.76. The molecule has 1 aliphatic heterocycles. The van der Waals surface area contributed by atoms with Crippen molar-refractivity contribution in [3.63, 3.8) is 0 Å². The summed E-state index contributed by atoms with van der Waals surface area (Å²) in [7, 11) is 0. The number of nitrogens with one attached hydrogen (secondary N) is 2. The predicted molar refractivity (Wildman–Crippen MR) is 129 cm³/mol. The second-order valence-electron chi connectivity index (χ2n) is 7.37. The number of carbonyl (C=O) groups excluding carboxylic acids is 1. The third kappa shape index (κ3) is 6.36. The van der Waals surface area contributed by atoms with E-state index < -0.39 is 0 Å². The normalized spacial score (nSPS) is 17.2. The van der Waals surface area contributed by atoms with Gasteiger partial charge in [-0.25, -0.2) is 0 Å². The monoisotopic (exact) mass is 500 g/mol. The summed E-state index contributed by atoms with van der Waals surface area (Å²) >= 11 is 0. The number of guanidine groups is 1. The van der Waals surface area contributed by atoms with Gasteiger partial charge in [-0.2, -0.15) is 0 Å². The van der Waals surface area contributed by atoms with E-state index in [9.17, 15) is 4.79 Å². The Morgan fingerprint density at radius 1 is 1.18 bits per heavy atom. The molecule has 5 nitrogen and oxygen atoms in total. The van der Waals surface area contributed by atoms with Crippen molar-refractivity contribution in [2.24, 2.45) is 4.99 Å². The number of hydrogen-bond acceptors (Lipinski definition) is 2. The van der Waals surface area contributed by atoms with Crippen LogP contribution in [0.4, 0.5) is 0 Å². The van der Waals surface area contributed by atoms with E-state index in [1.165, 1.54) is 5.56 Å². The summed E-state index contributed by atoms with van der Waals surface area (Å²) < 4.78 is 0. The summed E-state index contributed by atoms with van der Waals surface area (Å²) in [5, 5.41) is 6.92. The highest BCUT2D eigenvalue weighted by atomic mass is 127. The van der Waals surface area contributed by atoms with Gasteiger partial charge in [-0.05, 0) is 31.7 Å². The lowest BCUT2D eigenvalue weighted by Gasteiger charge is -2.31. The van der Waals surface area contributed by atoms with Crippen LogP contribution in [0.15, 0.2) is 35.3 Å². The van der Waals surface area contributed by atoms with E-state index >= 15 is 0 Å². The third-order valence-corrected chi connectivity index (χ3v) is 5.81. The van der Waals surface area contributed by atoms with E-state index in [0.717, 1.165) is 51.4 Å². The average Bonchev–Trinajstić information content (AvgIpc) is 3.18. The van der Waals surface area contributed by atoms with E-state index in [4.69, 9.17) is 4.99 Å². The zero-order chi connectivity index (χ0) is 19.7. The second-order valence-corrected chi connectivity index (χ2v) is 7.37. The van der Waals surface area contributed by atoms with Crippen molar-refractivity contribution < 1.29 is 4.79 Å². The van der Waals surface area contributed by atoms with Crippen molar-refractivity contribution in [2.75, 3.05) is 26.2 Å². The number of carbonyl (C=O) groups is 1. The summed E-state index contributed by atoms with van der Waals surface area (Å²) in [6, 6.07) is 11.0. The van der Waals surface area contributed by atoms with Crippen molar-refractivity contribution in [3.8, 4) is 0 Å². The molecule has 1 amide bonds. The van der Waals surface area contributed by atoms with Gasteiger partial charge >= 0.3 is 0 Å². The fourth-order valence-electron chi connectivity index (χ4n) is 3.84. The lowest BCUT2D eigenvalue weighted by Crippen LogP contribution is -2.45. The summed E-state index contributed by atoms with van der Waals surface area (Å²) in [6.07, 6.45) is 3.66. The van der Waals surface area contributed by atoms with Crippen LogP contribution in [0.2, 0.25) is 0 Å². The number of benzene rings is 1. The standard InChI is InChI=1S/C22H36N4O.HI/c1-5-20(27)26-15-14-19(16-26)25-21(23-8-4)24-17-22(6-2,7-3)18-12-10-9-11-13-18;/h9-13,19H,5-8,14-17H2,1-4H3,(H2,23,24,25);1H. The maximum atomic E-state index is 11.9. The highest BCUT2D eigenvalue weighted by Crippen LogP contribution is 2.32. The topological polar surface area (TPSA) is 56.7 Å². The minimum Gasteiger partial charge on any atom is -0.357 e. The van der Waals surface area contributed by atoms with Crippen molar-refractivity contribution in [1.29, 1.82) is 0 Å². The minimum absolute atomic E-state index is 0. The highest BCUT2D eigenvalue weighted by Gasteiger charge is 2.29. The Balaban J connectivity index is 0.00000392. The van der Waals surface area contributed by atoms with Crippen LogP contribution in [0.25, 0.3) is 0 Å². The van der Waals surface area contributed by atoms with E-state index in [1.807, 2.05) is 11.8 Å².